The highest BCUT2D eigenvalue weighted by Crippen LogP contribution is 2.19. The Bertz CT molecular complexity index is 440. The van der Waals surface area contributed by atoms with Crippen LogP contribution in [-0.2, 0) is 12.8 Å². The zero-order valence-corrected chi connectivity index (χ0v) is 8.70. The van der Waals surface area contributed by atoms with Crippen molar-refractivity contribution in [3.8, 4) is 0 Å². The van der Waals surface area contributed by atoms with Crippen LogP contribution in [0.25, 0.3) is 0 Å². The van der Waals surface area contributed by atoms with Crippen molar-refractivity contribution in [2.45, 2.75) is 12.8 Å². The van der Waals surface area contributed by atoms with Gasteiger partial charge in [-0.1, -0.05) is 22.9 Å². The molecule has 0 bridgehead atoms. The zero-order chi connectivity index (χ0) is 10.7. The standard InChI is InChI=1S/C9H10ClN5/c10-7-3-1-6(5-8(7)11)2-4-9-12-14-15-13-9/h1,3,5H,2,4,11H2,(H,12,13,14,15). The number of aromatic nitrogens is 4. The highest BCUT2D eigenvalue weighted by atomic mass is 35.5. The zero-order valence-electron chi connectivity index (χ0n) is 7.94. The number of nitrogens with zero attached hydrogens (tertiary/aromatic N) is 3. The van der Waals surface area contributed by atoms with Gasteiger partial charge in [0.25, 0.3) is 0 Å². The number of anilines is 1. The molecule has 0 aliphatic heterocycles. The van der Waals surface area contributed by atoms with Crippen LogP contribution in [0.3, 0.4) is 0 Å². The molecule has 3 N–H and O–H groups in total. The first-order chi connectivity index (χ1) is 7.25. The molecule has 2 aromatic rings. The molecular weight excluding hydrogens is 214 g/mol. The number of rotatable bonds is 3. The number of nitrogens with one attached hydrogen (secondary N) is 1. The largest absolute Gasteiger partial charge is 0.398 e. The molecule has 0 unspecified atom stereocenters. The maximum atomic E-state index is 5.82. The van der Waals surface area contributed by atoms with Crippen LogP contribution in [0.15, 0.2) is 18.2 Å². The second kappa shape index (κ2) is 4.27. The number of nitrogens with two attached hydrogens (primary N) is 1. The van der Waals surface area contributed by atoms with Gasteiger partial charge in [-0.3, -0.25) is 0 Å². The molecule has 15 heavy (non-hydrogen) atoms. The second-order valence-electron chi connectivity index (χ2n) is 3.18. The van der Waals surface area contributed by atoms with Gasteiger partial charge in [0.05, 0.1) is 10.7 Å². The number of hydrogen-bond donors (Lipinski definition) is 2. The lowest BCUT2D eigenvalue weighted by molar-refractivity contribution is 0.864. The van der Waals surface area contributed by atoms with Gasteiger partial charge in [-0.2, -0.15) is 5.21 Å². The fraction of sp³-hybridized carbons (Fsp3) is 0.222. The Kier molecular flexibility index (Phi) is 2.82. The smallest absolute Gasteiger partial charge is 0.174 e. The fourth-order valence-corrected chi connectivity index (χ4v) is 1.41. The van der Waals surface area contributed by atoms with Crippen molar-refractivity contribution < 1.29 is 0 Å². The summed E-state index contributed by atoms with van der Waals surface area (Å²) in [5.74, 6) is 0.698. The first-order valence-corrected chi connectivity index (χ1v) is 4.90. The first-order valence-electron chi connectivity index (χ1n) is 4.52. The van der Waals surface area contributed by atoms with E-state index in [-0.39, 0.29) is 0 Å². The Morgan fingerprint density at radius 3 is 2.87 bits per heavy atom. The van der Waals surface area contributed by atoms with Crippen LogP contribution in [0.2, 0.25) is 5.02 Å². The van der Waals surface area contributed by atoms with Gasteiger partial charge >= 0.3 is 0 Å². The van der Waals surface area contributed by atoms with E-state index in [1.165, 1.54) is 0 Å². The highest BCUT2D eigenvalue weighted by molar-refractivity contribution is 6.33. The van der Waals surface area contributed by atoms with Gasteiger partial charge < -0.3 is 5.73 Å². The predicted octanol–water partition coefficient (Wildman–Crippen LogP) is 1.22. The molecule has 0 amide bonds. The summed E-state index contributed by atoms with van der Waals surface area (Å²) in [7, 11) is 0. The lowest BCUT2D eigenvalue weighted by Gasteiger charge is -2.02. The molecule has 6 heteroatoms. The summed E-state index contributed by atoms with van der Waals surface area (Å²) >= 11 is 5.82. The Labute approximate surface area is 91.6 Å². The van der Waals surface area contributed by atoms with E-state index >= 15 is 0 Å². The van der Waals surface area contributed by atoms with Crippen molar-refractivity contribution in [1.82, 2.24) is 20.6 Å². The molecule has 2 rings (SSSR count). The molecule has 0 radical (unpaired) electrons. The SMILES string of the molecule is Nc1cc(CCc2nn[nH]n2)ccc1Cl. The monoisotopic (exact) mass is 223 g/mol. The van der Waals surface area contributed by atoms with E-state index in [9.17, 15) is 0 Å². The molecule has 78 valence electrons. The van der Waals surface area contributed by atoms with Crippen molar-refractivity contribution in [2.75, 3.05) is 5.73 Å². The minimum atomic E-state index is 0.582. The molecule has 0 spiro atoms. The normalized spacial score (nSPS) is 10.5. The number of aromatic amines is 1. The van der Waals surface area contributed by atoms with Gasteiger partial charge in [-0.15, -0.1) is 10.2 Å². The summed E-state index contributed by atoms with van der Waals surface area (Å²) in [6.07, 6.45) is 1.55. The summed E-state index contributed by atoms with van der Waals surface area (Å²) in [4.78, 5) is 0. The van der Waals surface area contributed by atoms with Crippen LogP contribution < -0.4 is 5.73 Å². The summed E-state index contributed by atoms with van der Waals surface area (Å²) < 4.78 is 0. The van der Waals surface area contributed by atoms with Gasteiger partial charge in [0.2, 0.25) is 0 Å². The van der Waals surface area contributed by atoms with Gasteiger partial charge in [0.1, 0.15) is 0 Å². The maximum Gasteiger partial charge on any atom is 0.174 e. The third-order valence-electron chi connectivity index (χ3n) is 2.09. The number of H-pyrrole nitrogens is 1. The van der Waals surface area contributed by atoms with Crippen LogP contribution in [0.1, 0.15) is 11.4 Å². The first kappa shape index (κ1) is 9.92. The third kappa shape index (κ3) is 2.44. The Morgan fingerprint density at radius 2 is 2.20 bits per heavy atom. The molecular formula is C9H10ClN5. The van der Waals surface area contributed by atoms with Gasteiger partial charge in [-0.05, 0) is 24.1 Å². The maximum absolute atomic E-state index is 5.82. The van der Waals surface area contributed by atoms with E-state index < -0.39 is 0 Å². The molecule has 0 fully saturated rings. The Hall–Kier alpha value is -1.62. The third-order valence-corrected chi connectivity index (χ3v) is 2.43. The van der Waals surface area contributed by atoms with E-state index in [4.69, 9.17) is 17.3 Å². The molecule has 0 aliphatic rings. The average Bonchev–Trinajstić information content (AvgIpc) is 2.73. The van der Waals surface area contributed by atoms with Crippen molar-refractivity contribution >= 4 is 17.3 Å². The van der Waals surface area contributed by atoms with E-state index in [0.717, 1.165) is 18.4 Å². The van der Waals surface area contributed by atoms with E-state index in [0.29, 0.717) is 16.5 Å². The lowest BCUT2D eigenvalue weighted by atomic mass is 10.1. The molecule has 0 aliphatic carbocycles. The molecule has 1 aromatic heterocycles. The Morgan fingerprint density at radius 1 is 1.33 bits per heavy atom. The van der Waals surface area contributed by atoms with Crippen molar-refractivity contribution in [1.29, 1.82) is 0 Å². The van der Waals surface area contributed by atoms with E-state index in [1.54, 1.807) is 6.07 Å². The van der Waals surface area contributed by atoms with Crippen molar-refractivity contribution in [3.63, 3.8) is 0 Å². The molecule has 1 aromatic carbocycles. The van der Waals surface area contributed by atoms with Crippen molar-refractivity contribution in [2.24, 2.45) is 0 Å². The minimum Gasteiger partial charge on any atom is -0.398 e. The molecule has 0 saturated heterocycles. The number of tetrazole rings is 1. The van der Waals surface area contributed by atoms with Crippen LogP contribution in [0, 0.1) is 0 Å². The minimum absolute atomic E-state index is 0.582. The summed E-state index contributed by atoms with van der Waals surface area (Å²) in [6.45, 7) is 0. The predicted molar refractivity (Wildman–Crippen MR) is 57.5 cm³/mol. The van der Waals surface area contributed by atoms with Gasteiger partial charge in [0.15, 0.2) is 5.82 Å². The van der Waals surface area contributed by atoms with Gasteiger partial charge in [-0.25, -0.2) is 0 Å². The van der Waals surface area contributed by atoms with Crippen LogP contribution >= 0.6 is 11.6 Å². The number of nitrogen functional groups attached to an aromatic ring is 1. The molecule has 0 atom stereocenters. The average molecular weight is 224 g/mol. The second-order valence-corrected chi connectivity index (χ2v) is 3.59. The van der Waals surface area contributed by atoms with Crippen LogP contribution in [-0.4, -0.2) is 20.6 Å². The van der Waals surface area contributed by atoms with Crippen LogP contribution in [0.4, 0.5) is 5.69 Å². The lowest BCUT2D eigenvalue weighted by Crippen LogP contribution is -1.95. The number of halogens is 1. The fourth-order valence-electron chi connectivity index (χ4n) is 1.29. The van der Waals surface area contributed by atoms with Crippen molar-refractivity contribution in [3.05, 3.63) is 34.6 Å². The highest BCUT2D eigenvalue weighted by Gasteiger charge is 2.01. The summed E-state index contributed by atoms with van der Waals surface area (Å²) in [6, 6.07) is 5.60. The number of aryl methyl sites for hydroxylation is 2. The number of hydrogen-bond acceptors (Lipinski definition) is 4. The van der Waals surface area contributed by atoms with Crippen LogP contribution in [0.5, 0.6) is 0 Å². The summed E-state index contributed by atoms with van der Waals surface area (Å²) in [5, 5.41) is 14.2. The molecule has 5 nitrogen and oxygen atoms in total. The van der Waals surface area contributed by atoms with Gasteiger partial charge in [0, 0.05) is 6.42 Å². The molecule has 0 saturated carbocycles. The quantitative estimate of drug-likeness (QED) is 0.767. The number of benzene rings is 1. The van der Waals surface area contributed by atoms with E-state index in [1.807, 2.05) is 12.1 Å². The Balaban J connectivity index is 2.02. The van der Waals surface area contributed by atoms with E-state index in [2.05, 4.69) is 20.6 Å². The summed E-state index contributed by atoms with van der Waals surface area (Å²) in [5.41, 5.74) is 7.40. The topological polar surface area (TPSA) is 80.5 Å². The molecule has 1 heterocycles.